The van der Waals surface area contributed by atoms with Crippen molar-refractivity contribution in [1.29, 1.82) is 0 Å². The Kier molecular flexibility index (Phi) is 7.21. The van der Waals surface area contributed by atoms with E-state index in [2.05, 4.69) is 31.9 Å². The molecule has 1 aromatic carbocycles. The topological polar surface area (TPSA) is 49.3 Å². The molecule has 3 saturated heterocycles. The van der Waals surface area contributed by atoms with E-state index in [1.807, 2.05) is 37.4 Å². The van der Waals surface area contributed by atoms with E-state index in [0.717, 1.165) is 70.5 Å². The molecule has 1 unspecified atom stereocenters. The summed E-state index contributed by atoms with van der Waals surface area (Å²) in [6.07, 6.45) is 3.59. The lowest BCUT2D eigenvalue weighted by Crippen LogP contribution is -2.60. The van der Waals surface area contributed by atoms with E-state index in [-0.39, 0.29) is 11.6 Å². The number of morpholine rings is 1. The van der Waals surface area contributed by atoms with Crippen molar-refractivity contribution in [2.75, 3.05) is 64.5 Å². The third-order valence-electron chi connectivity index (χ3n) is 6.34. The molecule has 160 valence electrons. The van der Waals surface area contributed by atoms with E-state index >= 15 is 0 Å². The van der Waals surface area contributed by atoms with Crippen LogP contribution in [-0.2, 0) is 4.74 Å². The first-order valence-corrected chi connectivity index (χ1v) is 12.0. The zero-order chi connectivity index (χ0) is 19.9. The highest BCUT2D eigenvalue weighted by atomic mass is 32.2. The van der Waals surface area contributed by atoms with Gasteiger partial charge in [0, 0.05) is 63.9 Å². The number of guanidine groups is 1. The molecule has 0 amide bonds. The smallest absolute Gasteiger partial charge is 0.193 e. The zero-order valence-corrected chi connectivity index (χ0v) is 18.3. The summed E-state index contributed by atoms with van der Waals surface area (Å²) >= 11 is 2.08. The number of likely N-dealkylation sites (tertiary alicyclic amines) is 1. The number of benzene rings is 1. The number of hydrogen-bond donors (Lipinski definition) is 1. The molecular formula is C22H34N4O2S. The second kappa shape index (κ2) is 10.0. The van der Waals surface area contributed by atoms with Gasteiger partial charge in [-0.15, -0.1) is 0 Å². The van der Waals surface area contributed by atoms with Crippen molar-refractivity contribution >= 4 is 17.7 Å². The van der Waals surface area contributed by atoms with E-state index in [9.17, 15) is 0 Å². The lowest BCUT2D eigenvalue weighted by atomic mass is 9.95. The third kappa shape index (κ3) is 5.19. The lowest BCUT2D eigenvalue weighted by molar-refractivity contribution is -0.0122. The SMILES string of the molecule is CN=C(NCC1(N2CCOCC2)CCSC1)N1CCC(Oc2ccccc2)CC1. The predicted octanol–water partition coefficient (Wildman–Crippen LogP) is 2.31. The summed E-state index contributed by atoms with van der Waals surface area (Å²) in [4.78, 5) is 9.64. The maximum absolute atomic E-state index is 6.15. The van der Waals surface area contributed by atoms with Crippen LogP contribution < -0.4 is 10.1 Å². The van der Waals surface area contributed by atoms with Gasteiger partial charge in [0.1, 0.15) is 11.9 Å². The Morgan fingerprint density at radius 1 is 1.21 bits per heavy atom. The first-order valence-electron chi connectivity index (χ1n) is 10.9. The van der Waals surface area contributed by atoms with Crippen molar-refractivity contribution in [3.8, 4) is 5.75 Å². The average molecular weight is 419 g/mol. The fraction of sp³-hybridized carbons (Fsp3) is 0.682. The molecule has 1 aromatic rings. The molecule has 3 aliphatic rings. The van der Waals surface area contributed by atoms with Gasteiger partial charge in [0.25, 0.3) is 0 Å². The predicted molar refractivity (Wildman–Crippen MR) is 120 cm³/mol. The van der Waals surface area contributed by atoms with Gasteiger partial charge in [-0.05, 0) is 24.3 Å². The first-order chi connectivity index (χ1) is 14.3. The maximum Gasteiger partial charge on any atom is 0.193 e. The number of piperidine rings is 1. The van der Waals surface area contributed by atoms with Crippen LogP contribution in [0.3, 0.4) is 0 Å². The van der Waals surface area contributed by atoms with E-state index in [1.165, 1.54) is 17.9 Å². The van der Waals surface area contributed by atoms with Gasteiger partial charge < -0.3 is 19.7 Å². The van der Waals surface area contributed by atoms with Crippen molar-refractivity contribution in [2.45, 2.75) is 30.9 Å². The van der Waals surface area contributed by atoms with Crippen LogP contribution in [0.15, 0.2) is 35.3 Å². The number of rotatable bonds is 5. The van der Waals surface area contributed by atoms with E-state index in [1.54, 1.807) is 0 Å². The minimum Gasteiger partial charge on any atom is -0.490 e. The number of hydrogen-bond acceptors (Lipinski definition) is 5. The maximum atomic E-state index is 6.15. The van der Waals surface area contributed by atoms with E-state index < -0.39 is 0 Å². The van der Waals surface area contributed by atoms with Crippen LogP contribution in [0.4, 0.5) is 0 Å². The van der Waals surface area contributed by atoms with Crippen LogP contribution in [0, 0.1) is 0 Å². The molecular weight excluding hydrogens is 384 g/mol. The summed E-state index contributed by atoms with van der Waals surface area (Å²) < 4.78 is 11.7. The molecule has 3 heterocycles. The standard InChI is InChI=1S/C22H34N4O2S/c1-23-21(24-17-22(9-16-29-18-22)26-12-14-27-15-13-26)25-10-7-20(8-11-25)28-19-5-3-2-4-6-19/h2-6,20H,7-18H2,1H3,(H,23,24). The van der Waals surface area contributed by atoms with Crippen LogP contribution >= 0.6 is 11.8 Å². The normalized spacial score (nSPS) is 27.2. The van der Waals surface area contributed by atoms with Gasteiger partial charge in [-0.1, -0.05) is 18.2 Å². The number of ether oxygens (including phenoxy) is 2. The highest BCUT2D eigenvalue weighted by molar-refractivity contribution is 7.99. The summed E-state index contributed by atoms with van der Waals surface area (Å²) in [6.45, 7) is 6.73. The Labute approximate surface area is 179 Å². The highest BCUT2D eigenvalue weighted by Gasteiger charge is 2.41. The second-order valence-electron chi connectivity index (χ2n) is 8.14. The Morgan fingerprint density at radius 3 is 2.62 bits per heavy atom. The van der Waals surface area contributed by atoms with Gasteiger partial charge in [0.15, 0.2) is 5.96 Å². The van der Waals surface area contributed by atoms with Crippen molar-refractivity contribution in [2.24, 2.45) is 4.99 Å². The summed E-state index contributed by atoms with van der Waals surface area (Å²) in [5.74, 6) is 4.46. The Hall–Kier alpha value is -1.44. The quantitative estimate of drug-likeness (QED) is 0.585. The second-order valence-corrected chi connectivity index (χ2v) is 9.25. The third-order valence-corrected chi connectivity index (χ3v) is 7.57. The fourth-order valence-electron chi connectivity index (χ4n) is 4.59. The van der Waals surface area contributed by atoms with Crippen molar-refractivity contribution in [3.63, 3.8) is 0 Å². The Bertz CT molecular complexity index is 652. The van der Waals surface area contributed by atoms with Gasteiger partial charge in [0.05, 0.1) is 13.2 Å². The Morgan fingerprint density at radius 2 is 1.97 bits per heavy atom. The van der Waals surface area contributed by atoms with Crippen molar-refractivity contribution in [1.82, 2.24) is 15.1 Å². The molecule has 29 heavy (non-hydrogen) atoms. The van der Waals surface area contributed by atoms with Gasteiger partial charge in [-0.25, -0.2) is 0 Å². The average Bonchev–Trinajstić information content (AvgIpc) is 3.27. The van der Waals surface area contributed by atoms with Gasteiger partial charge >= 0.3 is 0 Å². The molecule has 3 fully saturated rings. The van der Waals surface area contributed by atoms with Gasteiger partial charge in [0.2, 0.25) is 0 Å². The summed E-state index contributed by atoms with van der Waals surface area (Å²) in [5.41, 5.74) is 0.235. The number of nitrogens with zero attached hydrogens (tertiary/aromatic N) is 3. The van der Waals surface area contributed by atoms with Crippen LogP contribution in [0.25, 0.3) is 0 Å². The van der Waals surface area contributed by atoms with Gasteiger partial charge in [-0.3, -0.25) is 9.89 Å². The number of thioether (sulfide) groups is 1. The molecule has 1 atom stereocenters. The molecule has 0 aliphatic carbocycles. The molecule has 0 radical (unpaired) electrons. The molecule has 1 N–H and O–H groups in total. The molecule has 0 spiro atoms. The molecule has 7 heteroatoms. The van der Waals surface area contributed by atoms with Crippen LogP contribution in [0.2, 0.25) is 0 Å². The first kappa shape index (κ1) is 20.8. The summed E-state index contributed by atoms with van der Waals surface area (Å²) in [6, 6.07) is 10.2. The molecule has 3 aliphatic heterocycles. The number of aliphatic imine (C=N–C) groups is 1. The van der Waals surface area contributed by atoms with Crippen LogP contribution in [0.1, 0.15) is 19.3 Å². The highest BCUT2D eigenvalue weighted by Crippen LogP contribution is 2.33. The van der Waals surface area contributed by atoms with Crippen molar-refractivity contribution in [3.05, 3.63) is 30.3 Å². The minimum atomic E-state index is 0.235. The fourth-order valence-corrected chi connectivity index (χ4v) is 6.07. The lowest BCUT2D eigenvalue weighted by Gasteiger charge is -2.44. The molecule has 0 aromatic heterocycles. The number of nitrogens with one attached hydrogen (secondary N) is 1. The van der Waals surface area contributed by atoms with Crippen molar-refractivity contribution < 1.29 is 9.47 Å². The molecule has 0 saturated carbocycles. The van der Waals surface area contributed by atoms with E-state index in [0.29, 0.717) is 0 Å². The van der Waals surface area contributed by atoms with E-state index in [4.69, 9.17) is 9.47 Å². The monoisotopic (exact) mass is 418 g/mol. The molecule has 6 nitrogen and oxygen atoms in total. The number of para-hydroxylation sites is 1. The molecule has 4 rings (SSSR count). The minimum absolute atomic E-state index is 0.235. The zero-order valence-electron chi connectivity index (χ0n) is 17.5. The summed E-state index contributed by atoms with van der Waals surface area (Å²) in [7, 11) is 1.90. The van der Waals surface area contributed by atoms with Gasteiger partial charge in [-0.2, -0.15) is 11.8 Å². The van der Waals surface area contributed by atoms with Crippen LogP contribution in [-0.4, -0.2) is 91.9 Å². The Balaban J connectivity index is 1.29. The molecule has 0 bridgehead atoms. The van der Waals surface area contributed by atoms with Crippen LogP contribution in [0.5, 0.6) is 5.75 Å². The summed E-state index contributed by atoms with van der Waals surface area (Å²) in [5, 5.41) is 3.72. The largest absolute Gasteiger partial charge is 0.490 e.